The third kappa shape index (κ3) is 4.58. The number of benzene rings is 2. The highest BCUT2D eigenvalue weighted by Crippen LogP contribution is 2.24. The SMILES string of the molecule is Cc1cc(Cc2[c]cccc2OCCN2CCCC2)ccc1Br. The normalized spacial score (nSPS) is 15.0. The van der Waals surface area contributed by atoms with Gasteiger partial charge >= 0.3 is 0 Å². The van der Waals surface area contributed by atoms with Crippen LogP contribution in [0.1, 0.15) is 29.5 Å². The van der Waals surface area contributed by atoms with Crippen molar-refractivity contribution in [3.05, 3.63) is 63.6 Å². The van der Waals surface area contributed by atoms with Gasteiger partial charge in [0.05, 0.1) is 0 Å². The van der Waals surface area contributed by atoms with Crippen molar-refractivity contribution in [1.29, 1.82) is 0 Å². The molecule has 1 fully saturated rings. The second-order valence-electron chi connectivity index (χ2n) is 6.17. The van der Waals surface area contributed by atoms with Gasteiger partial charge in [0.1, 0.15) is 12.4 Å². The third-order valence-corrected chi connectivity index (χ3v) is 5.26. The molecule has 2 nitrogen and oxygen atoms in total. The summed E-state index contributed by atoms with van der Waals surface area (Å²) in [6.07, 6.45) is 3.51. The van der Waals surface area contributed by atoms with Gasteiger partial charge in [-0.3, -0.25) is 4.90 Å². The minimum atomic E-state index is 0.754. The summed E-state index contributed by atoms with van der Waals surface area (Å²) in [5.74, 6) is 0.965. The van der Waals surface area contributed by atoms with Crippen LogP contribution >= 0.6 is 15.9 Å². The van der Waals surface area contributed by atoms with E-state index in [1.807, 2.05) is 12.1 Å². The highest BCUT2D eigenvalue weighted by molar-refractivity contribution is 9.10. The molecule has 121 valence electrons. The monoisotopic (exact) mass is 372 g/mol. The first-order valence-electron chi connectivity index (χ1n) is 8.32. The third-order valence-electron chi connectivity index (χ3n) is 4.37. The van der Waals surface area contributed by atoms with Crippen LogP contribution in [0, 0.1) is 13.0 Å². The predicted molar refractivity (Wildman–Crippen MR) is 98.1 cm³/mol. The minimum absolute atomic E-state index is 0.754. The second-order valence-corrected chi connectivity index (χ2v) is 7.02. The summed E-state index contributed by atoms with van der Waals surface area (Å²) in [6.45, 7) is 6.33. The van der Waals surface area contributed by atoms with Crippen molar-refractivity contribution in [3.8, 4) is 5.75 Å². The van der Waals surface area contributed by atoms with Crippen LogP contribution in [-0.4, -0.2) is 31.1 Å². The molecule has 0 atom stereocenters. The molecule has 23 heavy (non-hydrogen) atoms. The number of rotatable bonds is 6. The molecule has 3 heteroatoms. The Hall–Kier alpha value is -1.32. The number of hydrogen-bond donors (Lipinski definition) is 0. The molecular weight excluding hydrogens is 350 g/mol. The quantitative estimate of drug-likeness (QED) is 0.733. The number of hydrogen-bond acceptors (Lipinski definition) is 2. The van der Waals surface area contributed by atoms with E-state index in [2.05, 4.69) is 58.1 Å². The average Bonchev–Trinajstić information content (AvgIpc) is 3.06. The van der Waals surface area contributed by atoms with Gasteiger partial charge in [-0.05, 0) is 62.2 Å². The van der Waals surface area contributed by atoms with Crippen LogP contribution in [0.2, 0.25) is 0 Å². The maximum absolute atomic E-state index is 6.04. The molecule has 1 saturated heterocycles. The highest BCUT2D eigenvalue weighted by atomic mass is 79.9. The van der Waals surface area contributed by atoms with Crippen LogP contribution in [-0.2, 0) is 6.42 Å². The fraction of sp³-hybridized carbons (Fsp3) is 0.400. The topological polar surface area (TPSA) is 12.5 Å². The van der Waals surface area contributed by atoms with Crippen molar-refractivity contribution < 1.29 is 4.74 Å². The lowest BCUT2D eigenvalue weighted by Crippen LogP contribution is -2.25. The molecule has 3 rings (SSSR count). The van der Waals surface area contributed by atoms with E-state index >= 15 is 0 Å². The zero-order valence-electron chi connectivity index (χ0n) is 13.6. The summed E-state index contributed by atoms with van der Waals surface area (Å²) < 4.78 is 7.20. The van der Waals surface area contributed by atoms with Crippen molar-refractivity contribution in [2.75, 3.05) is 26.2 Å². The van der Waals surface area contributed by atoms with E-state index in [-0.39, 0.29) is 0 Å². The van der Waals surface area contributed by atoms with Gasteiger partial charge in [0.15, 0.2) is 0 Å². The molecule has 1 aliphatic rings. The average molecular weight is 373 g/mol. The van der Waals surface area contributed by atoms with E-state index in [9.17, 15) is 0 Å². The summed E-state index contributed by atoms with van der Waals surface area (Å²) in [6, 6.07) is 15.9. The van der Waals surface area contributed by atoms with E-state index < -0.39 is 0 Å². The molecule has 0 aromatic heterocycles. The van der Waals surface area contributed by atoms with Gasteiger partial charge in [0.2, 0.25) is 0 Å². The van der Waals surface area contributed by atoms with Gasteiger partial charge in [-0.25, -0.2) is 0 Å². The number of halogens is 1. The van der Waals surface area contributed by atoms with Gasteiger partial charge in [0.25, 0.3) is 0 Å². The Morgan fingerprint density at radius 1 is 1.22 bits per heavy atom. The van der Waals surface area contributed by atoms with Crippen LogP contribution in [0.25, 0.3) is 0 Å². The summed E-state index contributed by atoms with van der Waals surface area (Å²) >= 11 is 3.56. The first kappa shape index (κ1) is 16.5. The van der Waals surface area contributed by atoms with Gasteiger partial charge in [-0.15, -0.1) is 0 Å². The van der Waals surface area contributed by atoms with Crippen LogP contribution in [0.15, 0.2) is 40.9 Å². The molecule has 1 radical (unpaired) electrons. The van der Waals surface area contributed by atoms with E-state index in [1.165, 1.54) is 37.1 Å². The number of nitrogens with zero attached hydrogens (tertiary/aromatic N) is 1. The lowest BCUT2D eigenvalue weighted by molar-refractivity contribution is 0.236. The zero-order chi connectivity index (χ0) is 16.1. The molecule has 1 heterocycles. The molecule has 0 saturated carbocycles. The van der Waals surface area contributed by atoms with Crippen molar-refractivity contribution in [2.24, 2.45) is 0 Å². The maximum atomic E-state index is 6.04. The Balaban J connectivity index is 1.63. The lowest BCUT2D eigenvalue weighted by Gasteiger charge is -2.16. The van der Waals surface area contributed by atoms with E-state index in [1.54, 1.807) is 0 Å². The second kappa shape index (κ2) is 7.98. The van der Waals surface area contributed by atoms with Crippen molar-refractivity contribution in [3.63, 3.8) is 0 Å². The standard InChI is InChI=1S/C20H23BrNO/c1-16-14-17(8-9-19(16)21)15-18-6-2-3-7-20(18)23-13-12-22-10-4-5-11-22/h2-3,7-9,14H,4-5,10-13,15H2,1H3. The Morgan fingerprint density at radius 2 is 2.04 bits per heavy atom. The van der Waals surface area contributed by atoms with Gasteiger partial charge in [-0.2, -0.15) is 0 Å². The summed E-state index contributed by atoms with van der Waals surface area (Å²) in [5.41, 5.74) is 3.68. The van der Waals surface area contributed by atoms with Gasteiger partial charge in [0, 0.05) is 23.0 Å². The number of ether oxygens (including phenoxy) is 1. The smallest absolute Gasteiger partial charge is 0.123 e. The molecule has 1 aliphatic heterocycles. The van der Waals surface area contributed by atoms with Gasteiger partial charge in [-0.1, -0.05) is 40.2 Å². The van der Waals surface area contributed by atoms with E-state index in [0.717, 1.165) is 35.4 Å². The molecule has 2 aromatic rings. The Kier molecular flexibility index (Phi) is 5.74. The fourth-order valence-electron chi connectivity index (χ4n) is 3.04. The Bertz CT molecular complexity index is 650. The van der Waals surface area contributed by atoms with Crippen LogP contribution in [0.4, 0.5) is 0 Å². The summed E-state index contributed by atoms with van der Waals surface area (Å²) in [7, 11) is 0. The summed E-state index contributed by atoms with van der Waals surface area (Å²) in [5, 5.41) is 0. The first-order chi connectivity index (χ1) is 11.2. The first-order valence-corrected chi connectivity index (χ1v) is 9.11. The highest BCUT2D eigenvalue weighted by Gasteiger charge is 2.11. The van der Waals surface area contributed by atoms with Crippen LogP contribution in [0.3, 0.4) is 0 Å². The summed E-state index contributed by atoms with van der Waals surface area (Å²) in [4.78, 5) is 2.48. The van der Waals surface area contributed by atoms with Crippen LogP contribution in [0.5, 0.6) is 5.75 Å². The maximum Gasteiger partial charge on any atom is 0.123 e. The molecule has 0 spiro atoms. The van der Waals surface area contributed by atoms with E-state index in [0.29, 0.717) is 0 Å². The Morgan fingerprint density at radius 3 is 2.83 bits per heavy atom. The largest absolute Gasteiger partial charge is 0.492 e. The molecule has 0 unspecified atom stereocenters. The lowest BCUT2D eigenvalue weighted by atomic mass is 10.0. The fourth-order valence-corrected chi connectivity index (χ4v) is 3.29. The van der Waals surface area contributed by atoms with Crippen molar-refractivity contribution in [2.45, 2.75) is 26.2 Å². The molecule has 2 aromatic carbocycles. The predicted octanol–water partition coefficient (Wildman–Crippen LogP) is 4.62. The van der Waals surface area contributed by atoms with E-state index in [4.69, 9.17) is 4.74 Å². The Labute approximate surface area is 147 Å². The van der Waals surface area contributed by atoms with Gasteiger partial charge < -0.3 is 4.74 Å². The molecule has 0 bridgehead atoms. The van der Waals surface area contributed by atoms with Crippen LogP contribution < -0.4 is 4.74 Å². The minimum Gasteiger partial charge on any atom is -0.492 e. The molecule has 0 amide bonds. The zero-order valence-corrected chi connectivity index (χ0v) is 15.2. The molecule has 0 N–H and O–H groups in total. The van der Waals surface area contributed by atoms with Crippen molar-refractivity contribution >= 4 is 15.9 Å². The number of aryl methyl sites for hydroxylation is 1. The van der Waals surface area contributed by atoms with Crippen molar-refractivity contribution in [1.82, 2.24) is 4.90 Å². The molecule has 0 aliphatic carbocycles. The number of likely N-dealkylation sites (tertiary alicyclic amines) is 1. The molecular formula is C20H23BrNO.